The van der Waals surface area contributed by atoms with Gasteiger partial charge >= 0.3 is 0 Å². The molecule has 0 atom stereocenters. The minimum Gasteiger partial charge on any atom is -0.493 e. The van der Waals surface area contributed by atoms with Crippen LogP contribution in [0.25, 0.3) is 5.69 Å². The fourth-order valence-corrected chi connectivity index (χ4v) is 10.3. The van der Waals surface area contributed by atoms with Crippen LogP contribution < -0.4 is 30.9 Å². The largest absolute Gasteiger partial charge is 0.493 e. The third kappa shape index (κ3) is 7.39. The first kappa shape index (κ1) is 31.5. The summed E-state index contributed by atoms with van der Waals surface area (Å²) in [6.07, 6.45) is 2.59. The summed E-state index contributed by atoms with van der Waals surface area (Å²) in [5, 5.41) is 3.85. The van der Waals surface area contributed by atoms with E-state index in [1.807, 2.05) is 24.4 Å². The van der Waals surface area contributed by atoms with Gasteiger partial charge in [0, 0.05) is 33.0 Å². The highest BCUT2D eigenvalue weighted by Crippen LogP contribution is 2.58. The van der Waals surface area contributed by atoms with Crippen molar-refractivity contribution in [1.29, 1.82) is 0 Å². The van der Waals surface area contributed by atoms with Crippen LogP contribution in [0.3, 0.4) is 0 Å². The van der Waals surface area contributed by atoms with E-state index in [9.17, 15) is 4.79 Å². The van der Waals surface area contributed by atoms with Gasteiger partial charge in [-0.15, -0.1) is 0 Å². The quantitative estimate of drug-likeness (QED) is 0.0613. The molecule has 0 radical (unpaired) electrons. The lowest BCUT2D eigenvalue weighted by Crippen LogP contribution is -2.32. The maximum atomic E-state index is 13.6. The first-order chi connectivity index (χ1) is 21.3. The second-order valence-electron chi connectivity index (χ2n) is 12.0. The van der Waals surface area contributed by atoms with Crippen LogP contribution >= 0.6 is 7.26 Å². The molecule has 0 bridgehead atoms. The van der Waals surface area contributed by atoms with Crippen LogP contribution in [0.15, 0.2) is 132 Å². The Bertz CT molecular complexity index is 1610. The maximum Gasteiger partial charge on any atom is 0.255 e. The molecule has 5 aromatic rings. The molecule has 0 fully saturated rings. The third-order valence-electron chi connectivity index (χ3n) is 7.71. The lowest BCUT2D eigenvalue weighted by molar-refractivity contribution is 0.0205. The zero-order chi connectivity index (χ0) is 31.0. The topological polar surface area (TPSA) is 49.7 Å². The Morgan fingerprint density at radius 1 is 0.705 bits per heavy atom. The lowest BCUT2D eigenvalue weighted by Gasteiger charge is -2.27. The highest BCUT2D eigenvalue weighted by molar-refractivity contribution is 7.95. The summed E-state index contributed by atoms with van der Waals surface area (Å²) >= 11 is 0. The standard InChI is InChI=1S/C37H41NO4PSi/c1-40-36-27-31(20-21-35(36)42-29-41-24-25-44(2,3)4)38-23-22-30(26-37(38)39)28-43(32-14-8-5-9-15-32,33-16-10-6-11-17-33)34-18-12-7-13-19-34/h5-23,26-27H,24-25,28-29H2,1-4H3/q+1. The number of hydrogen-bond donors (Lipinski definition) is 0. The number of benzene rings is 4. The van der Waals surface area contributed by atoms with E-state index in [0.29, 0.717) is 23.8 Å². The number of methoxy groups -OCH3 is 1. The molecule has 5 nitrogen and oxygen atoms in total. The van der Waals surface area contributed by atoms with Crippen molar-refractivity contribution >= 4 is 31.2 Å². The molecule has 0 aliphatic rings. The van der Waals surface area contributed by atoms with Crippen molar-refractivity contribution in [2.45, 2.75) is 31.8 Å². The molecule has 0 aliphatic carbocycles. The van der Waals surface area contributed by atoms with Crippen LogP contribution in [-0.2, 0) is 10.9 Å². The van der Waals surface area contributed by atoms with E-state index in [0.717, 1.165) is 17.8 Å². The molecule has 0 N–H and O–H groups in total. The molecule has 0 spiro atoms. The number of nitrogens with zero attached hydrogens (tertiary/aromatic N) is 1. The van der Waals surface area contributed by atoms with Gasteiger partial charge in [0.05, 0.1) is 19.0 Å². The van der Waals surface area contributed by atoms with Crippen LogP contribution in [-0.4, -0.2) is 33.2 Å². The van der Waals surface area contributed by atoms with E-state index >= 15 is 0 Å². The van der Waals surface area contributed by atoms with Gasteiger partial charge < -0.3 is 14.2 Å². The van der Waals surface area contributed by atoms with Crippen LogP contribution in [0, 0.1) is 0 Å². The molecular weight excluding hydrogens is 581 g/mol. The van der Waals surface area contributed by atoms with Crippen molar-refractivity contribution in [3.8, 4) is 17.2 Å². The molecule has 5 rings (SSSR count). The molecule has 0 amide bonds. The van der Waals surface area contributed by atoms with E-state index in [2.05, 4.69) is 117 Å². The van der Waals surface area contributed by atoms with Gasteiger partial charge in [0.2, 0.25) is 0 Å². The van der Waals surface area contributed by atoms with Crippen LogP contribution in [0.1, 0.15) is 5.56 Å². The maximum absolute atomic E-state index is 13.6. The Morgan fingerprint density at radius 3 is 1.77 bits per heavy atom. The normalized spacial score (nSPS) is 11.7. The summed E-state index contributed by atoms with van der Waals surface area (Å²) in [5.74, 6) is 1.13. The van der Waals surface area contributed by atoms with Crippen LogP contribution in [0.5, 0.6) is 11.5 Å². The SMILES string of the molecule is COc1cc(-n2ccc(C[P+](c3ccccc3)(c3ccccc3)c3ccccc3)cc2=O)ccc1OCOCC[Si](C)(C)C. The number of aromatic nitrogens is 1. The van der Waals surface area contributed by atoms with Gasteiger partial charge in [-0.25, -0.2) is 0 Å². The minimum atomic E-state index is -2.12. The average Bonchev–Trinajstić information content (AvgIpc) is 3.04. The molecule has 226 valence electrons. The summed E-state index contributed by atoms with van der Waals surface area (Å²) < 4.78 is 18.8. The Kier molecular flexibility index (Phi) is 10.2. The fraction of sp³-hybridized carbons (Fsp3) is 0.216. The highest BCUT2D eigenvalue weighted by atomic mass is 31.2. The minimum absolute atomic E-state index is 0.0970. The van der Waals surface area contributed by atoms with Crippen molar-refractivity contribution in [3.63, 3.8) is 0 Å². The van der Waals surface area contributed by atoms with Crippen molar-refractivity contribution in [2.24, 2.45) is 0 Å². The first-order valence-electron chi connectivity index (χ1n) is 15.0. The van der Waals surface area contributed by atoms with Gasteiger partial charge in [-0.1, -0.05) is 74.2 Å². The Labute approximate surface area is 262 Å². The van der Waals surface area contributed by atoms with Gasteiger partial charge in [-0.05, 0) is 66.2 Å². The van der Waals surface area contributed by atoms with E-state index in [4.69, 9.17) is 14.2 Å². The number of pyridine rings is 1. The van der Waals surface area contributed by atoms with Crippen LogP contribution in [0.4, 0.5) is 0 Å². The van der Waals surface area contributed by atoms with E-state index in [1.54, 1.807) is 17.7 Å². The molecule has 0 saturated heterocycles. The zero-order valence-corrected chi connectivity index (χ0v) is 27.9. The summed E-state index contributed by atoms with van der Waals surface area (Å²) in [6.45, 7) is 7.80. The van der Waals surface area contributed by atoms with Crippen molar-refractivity contribution in [2.75, 3.05) is 20.5 Å². The molecule has 0 saturated carbocycles. The smallest absolute Gasteiger partial charge is 0.255 e. The van der Waals surface area contributed by atoms with Crippen molar-refractivity contribution < 1.29 is 14.2 Å². The van der Waals surface area contributed by atoms with Gasteiger partial charge in [-0.2, -0.15) is 0 Å². The van der Waals surface area contributed by atoms with E-state index in [-0.39, 0.29) is 12.4 Å². The average molecular weight is 623 g/mol. The first-order valence-corrected chi connectivity index (χ1v) is 20.6. The fourth-order valence-electron chi connectivity index (χ4n) is 5.34. The monoisotopic (exact) mass is 622 g/mol. The molecule has 0 unspecified atom stereocenters. The van der Waals surface area contributed by atoms with E-state index in [1.165, 1.54) is 15.9 Å². The highest BCUT2D eigenvalue weighted by Gasteiger charge is 2.45. The molecule has 1 aromatic heterocycles. The second-order valence-corrected chi connectivity index (χ2v) is 21.1. The summed E-state index contributed by atoms with van der Waals surface area (Å²) in [5.41, 5.74) is 1.61. The number of hydrogen-bond acceptors (Lipinski definition) is 4. The molecule has 1 heterocycles. The second kappa shape index (κ2) is 14.2. The Balaban J connectivity index is 1.45. The Morgan fingerprint density at radius 2 is 1.27 bits per heavy atom. The number of ether oxygens (including phenoxy) is 3. The molecular formula is C37H41NO4PSi+. The van der Waals surface area contributed by atoms with Gasteiger partial charge in [0.25, 0.3) is 5.56 Å². The zero-order valence-electron chi connectivity index (χ0n) is 26.0. The van der Waals surface area contributed by atoms with Crippen molar-refractivity contribution in [1.82, 2.24) is 4.57 Å². The number of rotatable bonds is 13. The lowest BCUT2D eigenvalue weighted by atomic mass is 10.2. The third-order valence-corrected chi connectivity index (χ3v) is 13.8. The van der Waals surface area contributed by atoms with Gasteiger partial charge in [0.1, 0.15) is 23.2 Å². The molecule has 44 heavy (non-hydrogen) atoms. The van der Waals surface area contributed by atoms with E-state index < -0.39 is 15.3 Å². The Hall–Kier alpha value is -3.96. The molecule has 4 aromatic carbocycles. The van der Waals surface area contributed by atoms with Crippen LogP contribution in [0.2, 0.25) is 25.7 Å². The van der Waals surface area contributed by atoms with Gasteiger partial charge in [0.15, 0.2) is 18.3 Å². The summed E-state index contributed by atoms with van der Waals surface area (Å²) in [4.78, 5) is 13.6. The predicted molar refractivity (Wildman–Crippen MR) is 187 cm³/mol. The summed E-state index contributed by atoms with van der Waals surface area (Å²) in [7, 11) is -1.68. The molecule has 0 aliphatic heterocycles. The predicted octanol–water partition coefficient (Wildman–Crippen LogP) is 7.03. The van der Waals surface area contributed by atoms with Crippen molar-refractivity contribution in [3.05, 3.63) is 143 Å². The molecule has 7 heteroatoms. The van der Waals surface area contributed by atoms with Gasteiger partial charge in [-0.3, -0.25) is 9.36 Å². The summed E-state index contributed by atoms with van der Waals surface area (Å²) in [6, 6.07) is 42.6.